The first-order valence-corrected chi connectivity index (χ1v) is 11.5. The number of carbonyl (C=O) groups excluding carboxylic acids is 1. The molecule has 0 bridgehead atoms. The lowest BCUT2D eigenvalue weighted by molar-refractivity contribution is -0.118. The second-order valence-electron chi connectivity index (χ2n) is 7.55. The zero-order chi connectivity index (χ0) is 20.9. The largest absolute Gasteiger partial charge is 0.494 e. The molecule has 5 nitrogen and oxygen atoms in total. The molecule has 1 atom stereocenters. The van der Waals surface area contributed by atoms with Crippen molar-refractivity contribution < 1.29 is 14.3 Å². The molecule has 158 valence electrons. The second kappa shape index (κ2) is 9.58. The fourth-order valence-electron chi connectivity index (χ4n) is 3.71. The number of nitrogens with zero attached hydrogens (tertiary/aromatic N) is 2. The van der Waals surface area contributed by atoms with E-state index in [0.29, 0.717) is 19.6 Å². The maximum atomic E-state index is 13.3. The monoisotopic (exact) mass is 424 g/mol. The van der Waals surface area contributed by atoms with E-state index in [1.807, 2.05) is 42.2 Å². The van der Waals surface area contributed by atoms with Crippen LogP contribution in [0.1, 0.15) is 37.8 Å². The zero-order valence-corrected chi connectivity index (χ0v) is 18.4. The van der Waals surface area contributed by atoms with E-state index in [4.69, 9.17) is 14.5 Å². The molecule has 1 fully saturated rings. The van der Waals surface area contributed by atoms with Gasteiger partial charge in [-0.25, -0.2) is 4.98 Å². The van der Waals surface area contributed by atoms with Crippen LogP contribution in [0.4, 0.5) is 5.13 Å². The molecule has 0 spiro atoms. The lowest BCUT2D eigenvalue weighted by Crippen LogP contribution is -2.38. The van der Waals surface area contributed by atoms with Crippen LogP contribution in [0, 0.1) is 0 Å². The number of thiazole rings is 1. The van der Waals surface area contributed by atoms with Gasteiger partial charge in [-0.05, 0) is 55.5 Å². The van der Waals surface area contributed by atoms with Crippen LogP contribution in [0.5, 0.6) is 5.75 Å². The van der Waals surface area contributed by atoms with Gasteiger partial charge in [-0.3, -0.25) is 9.69 Å². The number of rotatable bonds is 8. The molecular weight excluding hydrogens is 396 g/mol. The molecule has 6 heteroatoms. The van der Waals surface area contributed by atoms with Gasteiger partial charge < -0.3 is 9.47 Å². The van der Waals surface area contributed by atoms with Crippen molar-refractivity contribution in [1.29, 1.82) is 0 Å². The number of anilines is 1. The van der Waals surface area contributed by atoms with E-state index in [1.54, 1.807) is 0 Å². The van der Waals surface area contributed by atoms with Crippen molar-refractivity contribution in [3.05, 3.63) is 53.6 Å². The molecule has 2 heterocycles. The van der Waals surface area contributed by atoms with Gasteiger partial charge in [0.1, 0.15) is 5.75 Å². The van der Waals surface area contributed by atoms with Crippen molar-refractivity contribution in [3.8, 4) is 5.75 Å². The highest BCUT2D eigenvalue weighted by atomic mass is 32.1. The molecule has 1 amide bonds. The Morgan fingerprint density at radius 1 is 1.20 bits per heavy atom. The average Bonchev–Trinajstić information content (AvgIpc) is 3.42. The van der Waals surface area contributed by atoms with Crippen molar-refractivity contribution in [3.63, 3.8) is 0 Å². The first-order valence-electron chi connectivity index (χ1n) is 10.7. The highest BCUT2D eigenvalue weighted by Gasteiger charge is 2.26. The number of aromatic nitrogens is 1. The van der Waals surface area contributed by atoms with Crippen molar-refractivity contribution in [2.75, 3.05) is 24.7 Å². The number of benzene rings is 2. The van der Waals surface area contributed by atoms with Crippen LogP contribution >= 0.6 is 11.3 Å². The Morgan fingerprint density at radius 2 is 2.00 bits per heavy atom. The lowest BCUT2D eigenvalue weighted by atomic mass is 10.1. The van der Waals surface area contributed by atoms with Crippen molar-refractivity contribution >= 4 is 32.6 Å². The molecule has 3 aromatic rings. The molecular formula is C24H28N2O3S. The van der Waals surface area contributed by atoms with E-state index < -0.39 is 0 Å². The van der Waals surface area contributed by atoms with Crippen molar-refractivity contribution in [1.82, 2.24) is 4.98 Å². The summed E-state index contributed by atoms with van der Waals surface area (Å²) in [6.45, 7) is 6.04. The van der Waals surface area contributed by atoms with Gasteiger partial charge in [-0.1, -0.05) is 42.5 Å². The van der Waals surface area contributed by atoms with Gasteiger partial charge in [0.2, 0.25) is 5.91 Å². The van der Waals surface area contributed by atoms with Crippen LogP contribution in [-0.2, 0) is 22.4 Å². The summed E-state index contributed by atoms with van der Waals surface area (Å²) >= 11 is 1.53. The Bertz CT molecular complexity index is 993. The maximum absolute atomic E-state index is 13.3. The molecule has 0 N–H and O–H groups in total. The van der Waals surface area contributed by atoms with E-state index in [0.717, 1.165) is 52.5 Å². The molecule has 0 aliphatic carbocycles. The SMILES string of the molecule is CCOc1ccc2nc(N(CC3CCCO3)C(=O)Cc3ccc(CC)cc3)sc2c1. The predicted octanol–water partition coefficient (Wildman–Crippen LogP) is 5.01. The summed E-state index contributed by atoms with van der Waals surface area (Å²) in [5, 5.41) is 0.726. The standard InChI is InChI=1S/C24H28N2O3S/c1-3-17-7-9-18(10-8-17)14-23(27)26(16-20-6-5-13-29-20)24-25-21-12-11-19(28-4-2)15-22(21)30-24/h7-12,15,20H,3-6,13-14,16H2,1-2H3. The number of ether oxygens (including phenoxy) is 2. The summed E-state index contributed by atoms with van der Waals surface area (Å²) in [6.07, 6.45) is 3.45. The summed E-state index contributed by atoms with van der Waals surface area (Å²) in [7, 11) is 0. The van der Waals surface area contributed by atoms with Gasteiger partial charge >= 0.3 is 0 Å². The molecule has 1 aliphatic rings. The van der Waals surface area contributed by atoms with Crippen LogP contribution in [0.25, 0.3) is 10.2 Å². The lowest BCUT2D eigenvalue weighted by Gasteiger charge is -2.23. The Hall–Kier alpha value is -2.44. The van der Waals surface area contributed by atoms with Crippen LogP contribution < -0.4 is 9.64 Å². The van der Waals surface area contributed by atoms with Crippen LogP contribution in [-0.4, -0.2) is 36.8 Å². The Kier molecular flexibility index (Phi) is 6.65. The summed E-state index contributed by atoms with van der Waals surface area (Å²) in [4.78, 5) is 19.9. The fourth-order valence-corrected chi connectivity index (χ4v) is 4.73. The first-order chi connectivity index (χ1) is 14.7. The van der Waals surface area contributed by atoms with E-state index >= 15 is 0 Å². The fraction of sp³-hybridized carbons (Fsp3) is 0.417. The Morgan fingerprint density at radius 3 is 2.70 bits per heavy atom. The summed E-state index contributed by atoms with van der Waals surface area (Å²) in [5.41, 5.74) is 3.18. The molecule has 4 rings (SSSR count). The predicted molar refractivity (Wildman–Crippen MR) is 122 cm³/mol. The number of fused-ring (bicyclic) bond motifs is 1. The van der Waals surface area contributed by atoms with Crippen molar-refractivity contribution in [2.45, 2.75) is 45.6 Å². The van der Waals surface area contributed by atoms with Gasteiger partial charge in [0, 0.05) is 6.61 Å². The smallest absolute Gasteiger partial charge is 0.233 e. The summed E-state index contributed by atoms with van der Waals surface area (Å²) < 4.78 is 12.5. The number of carbonyl (C=O) groups is 1. The average molecular weight is 425 g/mol. The minimum Gasteiger partial charge on any atom is -0.494 e. The third-order valence-corrected chi connectivity index (χ3v) is 6.43. The molecule has 1 unspecified atom stereocenters. The Labute approximate surface area is 181 Å². The van der Waals surface area contributed by atoms with Crippen LogP contribution in [0.15, 0.2) is 42.5 Å². The summed E-state index contributed by atoms with van der Waals surface area (Å²) in [6, 6.07) is 14.2. The van der Waals surface area contributed by atoms with Crippen LogP contribution in [0.3, 0.4) is 0 Å². The van der Waals surface area contributed by atoms with Gasteiger partial charge in [0.05, 0.1) is 35.9 Å². The molecule has 0 saturated carbocycles. The molecule has 1 aromatic heterocycles. The molecule has 1 saturated heterocycles. The van der Waals surface area contributed by atoms with Gasteiger partial charge in [-0.15, -0.1) is 0 Å². The van der Waals surface area contributed by atoms with Gasteiger partial charge in [0.15, 0.2) is 5.13 Å². The first kappa shape index (κ1) is 20.8. The Balaban J connectivity index is 1.59. The molecule has 30 heavy (non-hydrogen) atoms. The number of amides is 1. The minimum atomic E-state index is 0.0545. The van der Waals surface area contributed by atoms with E-state index in [1.165, 1.54) is 16.9 Å². The maximum Gasteiger partial charge on any atom is 0.233 e. The topological polar surface area (TPSA) is 51.7 Å². The summed E-state index contributed by atoms with van der Waals surface area (Å²) in [5.74, 6) is 0.882. The number of aryl methyl sites for hydroxylation is 1. The highest BCUT2D eigenvalue weighted by molar-refractivity contribution is 7.22. The number of hydrogen-bond acceptors (Lipinski definition) is 5. The van der Waals surface area contributed by atoms with E-state index in [-0.39, 0.29) is 12.0 Å². The van der Waals surface area contributed by atoms with Crippen LogP contribution in [0.2, 0.25) is 0 Å². The normalized spacial score (nSPS) is 16.1. The van der Waals surface area contributed by atoms with E-state index in [9.17, 15) is 4.79 Å². The van der Waals surface area contributed by atoms with Gasteiger partial charge in [-0.2, -0.15) is 0 Å². The minimum absolute atomic E-state index is 0.0545. The second-order valence-corrected chi connectivity index (χ2v) is 8.55. The molecule has 2 aromatic carbocycles. The molecule has 0 radical (unpaired) electrons. The van der Waals surface area contributed by atoms with Gasteiger partial charge in [0.25, 0.3) is 0 Å². The highest BCUT2D eigenvalue weighted by Crippen LogP contribution is 2.32. The third kappa shape index (κ3) is 4.82. The zero-order valence-electron chi connectivity index (χ0n) is 17.6. The van der Waals surface area contributed by atoms with Crippen molar-refractivity contribution in [2.24, 2.45) is 0 Å². The third-order valence-electron chi connectivity index (χ3n) is 5.39. The molecule has 1 aliphatic heterocycles. The number of hydrogen-bond donors (Lipinski definition) is 0. The van der Waals surface area contributed by atoms with E-state index in [2.05, 4.69) is 19.1 Å². The quantitative estimate of drug-likeness (QED) is 0.510.